The number of hydrogen-bond donors (Lipinski definition) is 3. The number of carbonyl (C=O) groups is 3. The average Bonchev–Trinajstić information content (AvgIpc) is 2.38. The van der Waals surface area contributed by atoms with Crippen molar-refractivity contribution in [3.63, 3.8) is 0 Å². The molecule has 3 amide bonds. The molecule has 1 aliphatic heterocycles. The summed E-state index contributed by atoms with van der Waals surface area (Å²) in [5.74, 6) is -0.372. The van der Waals surface area contributed by atoms with Crippen molar-refractivity contribution in [3.05, 3.63) is 0 Å². The third-order valence-corrected chi connectivity index (χ3v) is 3.10. The van der Waals surface area contributed by atoms with Crippen molar-refractivity contribution in [1.82, 2.24) is 20.9 Å². The molecule has 0 aromatic carbocycles. The van der Waals surface area contributed by atoms with E-state index in [1.165, 1.54) is 6.92 Å². The van der Waals surface area contributed by atoms with Gasteiger partial charge in [-0.2, -0.15) is 0 Å². The smallest absolute Gasteiger partial charge is 0.239 e. The minimum absolute atomic E-state index is 0.00754. The van der Waals surface area contributed by atoms with Crippen LogP contribution in [0.4, 0.5) is 0 Å². The second-order valence-electron chi connectivity index (χ2n) is 4.70. The molecule has 1 fully saturated rings. The molecule has 1 heterocycles. The first-order valence-electron chi connectivity index (χ1n) is 6.48. The van der Waals surface area contributed by atoms with Gasteiger partial charge in [-0.3, -0.25) is 19.3 Å². The Balaban J connectivity index is 2.21. The molecule has 7 heteroatoms. The Labute approximate surface area is 113 Å². The van der Waals surface area contributed by atoms with Gasteiger partial charge in [0.25, 0.3) is 0 Å². The lowest BCUT2D eigenvalue weighted by atomic mass is 10.1. The van der Waals surface area contributed by atoms with Gasteiger partial charge in [-0.25, -0.2) is 0 Å². The summed E-state index contributed by atoms with van der Waals surface area (Å²) in [5, 5.41) is 7.94. The summed E-state index contributed by atoms with van der Waals surface area (Å²) in [6, 6.07) is 0.127. The molecule has 0 bridgehead atoms. The predicted molar refractivity (Wildman–Crippen MR) is 70.4 cm³/mol. The van der Waals surface area contributed by atoms with Gasteiger partial charge in [0.2, 0.25) is 17.7 Å². The van der Waals surface area contributed by atoms with Crippen LogP contribution in [0.1, 0.15) is 19.8 Å². The fourth-order valence-electron chi connectivity index (χ4n) is 2.00. The van der Waals surface area contributed by atoms with E-state index in [-0.39, 0.29) is 30.3 Å². The maximum absolute atomic E-state index is 11.5. The van der Waals surface area contributed by atoms with E-state index in [0.717, 1.165) is 25.9 Å². The van der Waals surface area contributed by atoms with E-state index in [4.69, 9.17) is 0 Å². The molecule has 0 atom stereocenters. The van der Waals surface area contributed by atoms with Crippen molar-refractivity contribution in [2.24, 2.45) is 0 Å². The van der Waals surface area contributed by atoms with E-state index >= 15 is 0 Å². The fourth-order valence-corrected chi connectivity index (χ4v) is 2.00. The molecule has 0 aliphatic carbocycles. The lowest BCUT2D eigenvalue weighted by Crippen LogP contribution is -2.48. The van der Waals surface area contributed by atoms with E-state index in [1.54, 1.807) is 7.05 Å². The van der Waals surface area contributed by atoms with Crippen LogP contribution in [0.15, 0.2) is 0 Å². The monoisotopic (exact) mass is 270 g/mol. The largest absolute Gasteiger partial charge is 0.358 e. The molecule has 0 saturated carbocycles. The number of piperidine rings is 1. The maximum Gasteiger partial charge on any atom is 0.239 e. The number of rotatable bonds is 5. The summed E-state index contributed by atoms with van der Waals surface area (Å²) in [6.07, 6.45) is 1.64. The molecule has 0 aromatic heterocycles. The minimum atomic E-state index is -0.212. The molecule has 1 rings (SSSR count). The Bertz CT molecular complexity index is 338. The molecule has 3 N–H and O–H groups in total. The van der Waals surface area contributed by atoms with Crippen LogP contribution in [0, 0.1) is 0 Å². The van der Waals surface area contributed by atoms with Gasteiger partial charge in [-0.1, -0.05) is 0 Å². The van der Waals surface area contributed by atoms with Gasteiger partial charge in [-0.05, 0) is 12.8 Å². The van der Waals surface area contributed by atoms with Gasteiger partial charge < -0.3 is 16.0 Å². The highest BCUT2D eigenvalue weighted by Crippen LogP contribution is 2.09. The summed E-state index contributed by atoms with van der Waals surface area (Å²) >= 11 is 0. The molecule has 1 saturated heterocycles. The zero-order valence-corrected chi connectivity index (χ0v) is 11.5. The van der Waals surface area contributed by atoms with E-state index in [0.29, 0.717) is 6.54 Å². The Morgan fingerprint density at radius 3 is 2.32 bits per heavy atom. The number of amides is 3. The van der Waals surface area contributed by atoms with E-state index in [1.807, 2.05) is 0 Å². The highest BCUT2D eigenvalue weighted by Gasteiger charge is 2.21. The Morgan fingerprint density at radius 1 is 1.16 bits per heavy atom. The summed E-state index contributed by atoms with van der Waals surface area (Å²) in [6.45, 7) is 3.39. The molecule has 0 aromatic rings. The number of likely N-dealkylation sites (N-methyl/N-ethyl adjacent to an activating group) is 1. The number of nitrogens with one attached hydrogen (secondary N) is 3. The second-order valence-corrected chi connectivity index (χ2v) is 4.70. The lowest BCUT2D eigenvalue weighted by molar-refractivity contribution is -0.125. The van der Waals surface area contributed by atoms with Crippen molar-refractivity contribution in [1.29, 1.82) is 0 Å². The molecule has 7 nitrogen and oxygen atoms in total. The van der Waals surface area contributed by atoms with Crippen molar-refractivity contribution in [3.8, 4) is 0 Å². The van der Waals surface area contributed by atoms with E-state index in [2.05, 4.69) is 20.9 Å². The first-order valence-corrected chi connectivity index (χ1v) is 6.48. The van der Waals surface area contributed by atoms with Crippen LogP contribution in [0.2, 0.25) is 0 Å². The first-order chi connectivity index (χ1) is 9.01. The molecule has 1 aliphatic rings. The van der Waals surface area contributed by atoms with Crippen LogP contribution in [0.5, 0.6) is 0 Å². The Morgan fingerprint density at radius 2 is 1.79 bits per heavy atom. The van der Waals surface area contributed by atoms with Crippen LogP contribution in [-0.4, -0.2) is 61.9 Å². The molecular formula is C12H22N4O3. The summed E-state index contributed by atoms with van der Waals surface area (Å²) in [7, 11) is 1.62. The molecule has 0 unspecified atom stereocenters. The van der Waals surface area contributed by atoms with Crippen LogP contribution in [0.25, 0.3) is 0 Å². The topological polar surface area (TPSA) is 90.5 Å². The third-order valence-electron chi connectivity index (χ3n) is 3.10. The van der Waals surface area contributed by atoms with E-state index in [9.17, 15) is 14.4 Å². The Kier molecular flexibility index (Phi) is 6.27. The highest BCUT2D eigenvalue weighted by atomic mass is 16.2. The molecule has 19 heavy (non-hydrogen) atoms. The zero-order valence-electron chi connectivity index (χ0n) is 11.5. The highest BCUT2D eigenvalue weighted by molar-refractivity contribution is 5.83. The minimum Gasteiger partial charge on any atom is -0.358 e. The quantitative estimate of drug-likeness (QED) is 0.564. The van der Waals surface area contributed by atoms with Gasteiger partial charge in [0.05, 0.1) is 13.1 Å². The van der Waals surface area contributed by atoms with Crippen molar-refractivity contribution in [2.45, 2.75) is 25.8 Å². The SMILES string of the molecule is CNC(=O)CN1CCC(NC(=O)CNC(C)=O)CC1. The number of likely N-dealkylation sites (tertiary alicyclic amines) is 1. The third kappa shape index (κ3) is 6.19. The van der Waals surface area contributed by atoms with Crippen molar-refractivity contribution in [2.75, 3.05) is 33.2 Å². The van der Waals surface area contributed by atoms with Crippen LogP contribution in [-0.2, 0) is 14.4 Å². The second kappa shape index (κ2) is 7.73. The van der Waals surface area contributed by atoms with E-state index < -0.39 is 0 Å². The van der Waals surface area contributed by atoms with Gasteiger partial charge in [0, 0.05) is 33.1 Å². The molecule has 108 valence electrons. The van der Waals surface area contributed by atoms with Gasteiger partial charge in [-0.15, -0.1) is 0 Å². The normalized spacial score (nSPS) is 16.7. The fraction of sp³-hybridized carbons (Fsp3) is 0.750. The number of hydrogen-bond acceptors (Lipinski definition) is 4. The lowest BCUT2D eigenvalue weighted by Gasteiger charge is -2.31. The van der Waals surface area contributed by atoms with Crippen LogP contribution >= 0.6 is 0 Å². The first kappa shape index (κ1) is 15.4. The molecule has 0 radical (unpaired) electrons. The predicted octanol–water partition coefficient (Wildman–Crippen LogP) is -1.55. The average molecular weight is 270 g/mol. The van der Waals surface area contributed by atoms with Gasteiger partial charge >= 0.3 is 0 Å². The summed E-state index contributed by atoms with van der Waals surface area (Å²) in [4.78, 5) is 35.5. The number of carbonyl (C=O) groups excluding carboxylic acids is 3. The zero-order chi connectivity index (χ0) is 14.3. The Hall–Kier alpha value is -1.63. The van der Waals surface area contributed by atoms with Crippen molar-refractivity contribution >= 4 is 17.7 Å². The van der Waals surface area contributed by atoms with Crippen LogP contribution < -0.4 is 16.0 Å². The van der Waals surface area contributed by atoms with Crippen LogP contribution in [0.3, 0.4) is 0 Å². The maximum atomic E-state index is 11.5. The van der Waals surface area contributed by atoms with Crippen molar-refractivity contribution < 1.29 is 14.4 Å². The summed E-state index contributed by atoms with van der Waals surface area (Å²) in [5.41, 5.74) is 0. The molecular weight excluding hydrogens is 248 g/mol. The summed E-state index contributed by atoms with van der Waals surface area (Å²) < 4.78 is 0. The van der Waals surface area contributed by atoms with Gasteiger partial charge in [0.15, 0.2) is 0 Å². The molecule has 0 spiro atoms. The number of nitrogens with zero attached hydrogens (tertiary/aromatic N) is 1. The standard InChI is InChI=1S/C12H22N4O3/c1-9(17)14-7-11(18)15-10-3-5-16(6-4-10)8-12(19)13-2/h10H,3-8H2,1-2H3,(H,13,19)(H,14,17)(H,15,18). The van der Waals surface area contributed by atoms with Gasteiger partial charge in [0.1, 0.15) is 0 Å².